The Kier molecular flexibility index (Phi) is 1.25. The lowest BCUT2D eigenvalue weighted by molar-refractivity contribution is -0.183. The standard InChI is InChI=1S/C3H6N4O2/c4-2-1-3(8)6-7(9)5-2/h1,5,9H,4H2,(H,6,8). The number of rotatable bonds is 0. The average molecular weight is 130 g/mol. The van der Waals surface area contributed by atoms with Crippen LogP contribution in [0.2, 0.25) is 0 Å². The number of nitrogens with zero attached hydrogens (tertiary/aromatic N) is 1. The van der Waals surface area contributed by atoms with Crippen molar-refractivity contribution in [3.8, 4) is 0 Å². The molecule has 0 saturated carbocycles. The third-order valence-electron chi connectivity index (χ3n) is 0.738. The monoisotopic (exact) mass is 130 g/mol. The lowest BCUT2D eigenvalue weighted by Crippen LogP contribution is -2.52. The molecule has 0 atom stereocenters. The second-order valence-electron chi connectivity index (χ2n) is 1.50. The van der Waals surface area contributed by atoms with Crippen LogP contribution in [-0.2, 0) is 4.79 Å². The predicted octanol–water partition coefficient (Wildman–Crippen LogP) is -1.97. The van der Waals surface area contributed by atoms with E-state index in [-0.39, 0.29) is 5.82 Å². The normalized spacial score (nSPS) is 20.1. The van der Waals surface area contributed by atoms with Crippen molar-refractivity contribution >= 4 is 5.91 Å². The fourth-order valence-corrected chi connectivity index (χ4v) is 0.460. The van der Waals surface area contributed by atoms with Crippen LogP contribution in [0.1, 0.15) is 0 Å². The number of hydrazine groups is 2. The van der Waals surface area contributed by atoms with Crippen LogP contribution in [-0.4, -0.2) is 16.4 Å². The summed E-state index contributed by atoms with van der Waals surface area (Å²) in [5.41, 5.74) is 9.30. The maximum atomic E-state index is 10.4. The lowest BCUT2D eigenvalue weighted by atomic mass is 10.5. The number of carbonyl (C=O) groups excluding carboxylic acids is 1. The molecule has 0 aromatic carbocycles. The SMILES string of the molecule is NC1=CC(=O)NN(O)N1. The number of carbonyl (C=O) groups is 1. The highest BCUT2D eigenvalue weighted by Crippen LogP contribution is 1.85. The van der Waals surface area contributed by atoms with Gasteiger partial charge in [0.2, 0.25) is 0 Å². The Morgan fingerprint density at radius 3 is 2.78 bits per heavy atom. The zero-order valence-corrected chi connectivity index (χ0v) is 4.46. The number of hydrogen-bond donors (Lipinski definition) is 4. The van der Waals surface area contributed by atoms with Crippen LogP contribution < -0.4 is 16.6 Å². The molecule has 0 aromatic rings. The molecular weight excluding hydrogens is 124 g/mol. The number of amides is 1. The number of nitrogens with two attached hydrogens (primary N) is 1. The fourth-order valence-electron chi connectivity index (χ4n) is 0.460. The Morgan fingerprint density at radius 1 is 1.67 bits per heavy atom. The molecule has 1 rings (SSSR count). The molecule has 0 unspecified atom stereocenters. The molecule has 0 aliphatic carbocycles. The van der Waals surface area contributed by atoms with Crippen LogP contribution in [0.25, 0.3) is 0 Å². The molecular formula is C3H6N4O2. The maximum absolute atomic E-state index is 10.4. The molecule has 50 valence electrons. The van der Waals surface area contributed by atoms with Crippen LogP contribution in [0.5, 0.6) is 0 Å². The predicted molar refractivity (Wildman–Crippen MR) is 27.2 cm³/mol. The third kappa shape index (κ3) is 1.31. The molecule has 1 aliphatic heterocycles. The van der Waals surface area contributed by atoms with E-state index in [4.69, 9.17) is 10.9 Å². The molecule has 0 aromatic heterocycles. The summed E-state index contributed by atoms with van der Waals surface area (Å²) in [5, 5.41) is 8.91. The van der Waals surface area contributed by atoms with E-state index in [2.05, 4.69) is 5.43 Å². The molecule has 9 heavy (non-hydrogen) atoms. The molecule has 0 spiro atoms. The average Bonchev–Trinajstić information content (AvgIpc) is 1.59. The molecule has 1 amide bonds. The van der Waals surface area contributed by atoms with Gasteiger partial charge in [0.15, 0.2) is 0 Å². The van der Waals surface area contributed by atoms with Gasteiger partial charge in [-0.1, -0.05) is 0 Å². The molecule has 0 saturated heterocycles. The van der Waals surface area contributed by atoms with Gasteiger partial charge in [0, 0.05) is 6.08 Å². The Bertz CT molecular complexity index is 165. The van der Waals surface area contributed by atoms with E-state index in [0.717, 1.165) is 6.08 Å². The van der Waals surface area contributed by atoms with E-state index in [9.17, 15) is 4.79 Å². The summed E-state index contributed by atoms with van der Waals surface area (Å²) in [4.78, 5) is 10.4. The second kappa shape index (κ2) is 1.92. The summed E-state index contributed by atoms with van der Waals surface area (Å²) in [7, 11) is 0. The van der Waals surface area contributed by atoms with Crippen molar-refractivity contribution in [1.82, 2.24) is 16.1 Å². The Labute approximate surface area is 50.8 Å². The maximum Gasteiger partial charge on any atom is 0.265 e. The summed E-state index contributed by atoms with van der Waals surface area (Å²) in [6.45, 7) is 0. The summed E-state index contributed by atoms with van der Waals surface area (Å²) >= 11 is 0. The van der Waals surface area contributed by atoms with Gasteiger partial charge in [-0.2, -0.15) is 0 Å². The minimum atomic E-state index is -0.464. The van der Waals surface area contributed by atoms with E-state index in [1.54, 1.807) is 0 Å². The summed E-state index contributed by atoms with van der Waals surface area (Å²) in [6, 6.07) is 0. The largest absolute Gasteiger partial charge is 0.384 e. The summed E-state index contributed by atoms with van der Waals surface area (Å²) in [5.74, 6) is -0.366. The topological polar surface area (TPSA) is 90.6 Å². The van der Waals surface area contributed by atoms with E-state index in [1.165, 1.54) is 0 Å². The molecule has 0 radical (unpaired) electrons. The zero-order chi connectivity index (χ0) is 6.85. The van der Waals surface area contributed by atoms with Crippen molar-refractivity contribution in [2.45, 2.75) is 0 Å². The minimum absolute atomic E-state index is 0.0984. The summed E-state index contributed by atoms with van der Waals surface area (Å²) in [6.07, 6.45) is 1.12. The Morgan fingerprint density at radius 2 is 2.33 bits per heavy atom. The minimum Gasteiger partial charge on any atom is -0.384 e. The molecule has 0 bridgehead atoms. The highest BCUT2D eigenvalue weighted by Gasteiger charge is 2.10. The molecule has 6 nitrogen and oxygen atoms in total. The van der Waals surface area contributed by atoms with E-state index >= 15 is 0 Å². The first-order valence-corrected chi connectivity index (χ1v) is 2.22. The van der Waals surface area contributed by atoms with Crippen molar-refractivity contribution in [2.75, 3.05) is 0 Å². The van der Waals surface area contributed by atoms with Gasteiger partial charge < -0.3 is 5.73 Å². The van der Waals surface area contributed by atoms with Crippen LogP contribution in [0.4, 0.5) is 0 Å². The molecule has 6 heteroatoms. The van der Waals surface area contributed by atoms with Crippen molar-refractivity contribution in [1.29, 1.82) is 0 Å². The fraction of sp³-hybridized carbons (Fsp3) is 0. The van der Waals surface area contributed by atoms with Gasteiger partial charge in [-0.15, -0.1) is 0 Å². The van der Waals surface area contributed by atoms with Crippen LogP contribution in [0, 0.1) is 0 Å². The Hall–Kier alpha value is -1.27. The highest BCUT2D eigenvalue weighted by atomic mass is 16.6. The third-order valence-corrected chi connectivity index (χ3v) is 0.738. The quantitative estimate of drug-likeness (QED) is 0.305. The van der Waals surface area contributed by atoms with Gasteiger partial charge in [-0.05, 0) is 5.28 Å². The van der Waals surface area contributed by atoms with Gasteiger partial charge in [0.1, 0.15) is 5.82 Å². The molecule has 0 fully saturated rings. The zero-order valence-electron chi connectivity index (χ0n) is 4.46. The number of hydrogen-bond acceptors (Lipinski definition) is 5. The van der Waals surface area contributed by atoms with Crippen molar-refractivity contribution < 1.29 is 10.0 Å². The molecule has 1 heterocycles. The Balaban J connectivity index is 2.67. The smallest absolute Gasteiger partial charge is 0.265 e. The van der Waals surface area contributed by atoms with Gasteiger partial charge in [0.05, 0.1) is 0 Å². The molecule has 1 aliphatic rings. The van der Waals surface area contributed by atoms with E-state index in [1.807, 2.05) is 5.43 Å². The number of nitrogens with one attached hydrogen (secondary N) is 2. The van der Waals surface area contributed by atoms with Crippen molar-refractivity contribution in [3.63, 3.8) is 0 Å². The van der Waals surface area contributed by atoms with Gasteiger partial charge in [-0.3, -0.25) is 15.4 Å². The van der Waals surface area contributed by atoms with Crippen molar-refractivity contribution in [3.05, 3.63) is 11.9 Å². The highest BCUT2D eigenvalue weighted by molar-refractivity contribution is 5.88. The lowest BCUT2D eigenvalue weighted by Gasteiger charge is -2.20. The first kappa shape index (κ1) is 5.86. The van der Waals surface area contributed by atoms with Gasteiger partial charge in [-0.25, -0.2) is 5.43 Å². The van der Waals surface area contributed by atoms with Gasteiger partial charge in [0.25, 0.3) is 5.91 Å². The summed E-state index contributed by atoms with van der Waals surface area (Å²) < 4.78 is 0. The molecule has 5 N–H and O–H groups in total. The van der Waals surface area contributed by atoms with E-state index in [0.29, 0.717) is 5.28 Å². The van der Waals surface area contributed by atoms with Crippen LogP contribution in [0.3, 0.4) is 0 Å². The van der Waals surface area contributed by atoms with E-state index < -0.39 is 5.91 Å². The van der Waals surface area contributed by atoms with Crippen LogP contribution >= 0.6 is 0 Å². The first-order chi connectivity index (χ1) is 4.18. The second-order valence-corrected chi connectivity index (χ2v) is 1.50. The van der Waals surface area contributed by atoms with Gasteiger partial charge >= 0.3 is 0 Å². The first-order valence-electron chi connectivity index (χ1n) is 2.22. The van der Waals surface area contributed by atoms with Crippen molar-refractivity contribution in [2.24, 2.45) is 5.73 Å². The van der Waals surface area contributed by atoms with Crippen LogP contribution in [0.15, 0.2) is 11.9 Å².